The van der Waals surface area contributed by atoms with Crippen LogP contribution in [0.5, 0.6) is 11.5 Å². The third-order valence-electron chi connectivity index (χ3n) is 7.17. The number of ether oxygens (including phenoxy) is 2. The monoisotopic (exact) mass is 483 g/mol. The fraction of sp³-hybridized carbons (Fsp3) is 0.400. The predicted molar refractivity (Wildman–Crippen MR) is 119 cm³/mol. The minimum atomic E-state index is -1.50. The number of hydrogen-bond acceptors (Lipinski definition) is 10. The van der Waals surface area contributed by atoms with E-state index in [0.717, 1.165) is 0 Å². The minimum Gasteiger partial charge on any atom is -0.507 e. The summed E-state index contributed by atoms with van der Waals surface area (Å²) < 4.78 is 11.4. The lowest BCUT2D eigenvalue weighted by molar-refractivity contribution is -0.238. The highest BCUT2D eigenvalue weighted by molar-refractivity contribution is 6.30. The zero-order valence-electron chi connectivity index (χ0n) is 18.9. The van der Waals surface area contributed by atoms with Crippen molar-refractivity contribution in [1.29, 1.82) is 0 Å². The molecule has 5 rings (SSSR count). The Labute approximate surface area is 199 Å². The molecule has 10 nitrogen and oxygen atoms in total. The molecule has 1 heterocycles. The topological polar surface area (TPSA) is 177 Å². The number of nitrogens with two attached hydrogens (primary N) is 1. The molecule has 0 bridgehead atoms. The molecule has 184 valence electrons. The van der Waals surface area contributed by atoms with Crippen LogP contribution in [0.1, 0.15) is 68.8 Å². The Morgan fingerprint density at radius 1 is 1.06 bits per heavy atom. The predicted octanol–water partition coefficient (Wildman–Crippen LogP) is 0.632. The molecule has 0 aromatic heterocycles. The Balaban J connectivity index is 1.67. The summed E-state index contributed by atoms with van der Waals surface area (Å²) in [5, 5.41) is 42.3. The van der Waals surface area contributed by atoms with Crippen LogP contribution in [0, 0.1) is 0 Å². The molecule has 6 N–H and O–H groups in total. The number of aliphatic hydroxyl groups excluding tert-OH is 2. The molecule has 10 heteroatoms. The van der Waals surface area contributed by atoms with Crippen molar-refractivity contribution >= 4 is 17.3 Å². The number of ketones is 3. The van der Waals surface area contributed by atoms with Crippen LogP contribution in [-0.4, -0.2) is 68.4 Å². The van der Waals surface area contributed by atoms with Crippen LogP contribution in [0.25, 0.3) is 0 Å². The molecule has 0 unspecified atom stereocenters. The molecule has 0 amide bonds. The van der Waals surface area contributed by atoms with Gasteiger partial charge >= 0.3 is 0 Å². The molecule has 35 heavy (non-hydrogen) atoms. The van der Waals surface area contributed by atoms with Gasteiger partial charge in [-0.2, -0.15) is 0 Å². The summed E-state index contributed by atoms with van der Waals surface area (Å²) in [6, 6.07) is 6.10. The molecular formula is C25H25NO9. The largest absolute Gasteiger partial charge is 0.507 e. The van der Waals surface area contributed by atoms with E-state index in [0.29, 0.717) is 0 Å². The zero-order chi connectivity index (χ0) is 25.2. The second-order valence-corrected chi connectivity index (χ2v) is 9.39. The van der Waals surface area contributed by atoms with E-state index in [4.69, 9.17) is 15.2 Å². The van der Waals surface area contributed by atoms with Crippen molar-refractivity contribution in [2.45, 2.75) is 56.3 Å². The highest BCUT2D eigenvalue weighted by Gasteiger charge is 2.48. The van der Waals surface area contributed by atoms with Gasteiger partial charge in [-0.15, -0.1) is 0 Å². The molecule has 2 aliphatic carbocycles. The van der Waals surface area contributed by atoms with Gasteiger partial charge in [0.25, 0.3) is 0 Å². The maximum atomic E-state index is 13.3. The molecule has 1 aliphatic heterocycles. The van der Waals surface area contributed by atoms with Gasteiger partial charge in [0, 0.05) is 41.5 Å². The number of aliphatic hydroxyl groups is 2. The van der Waals surface area contributed by atoms with Crippen molar-refractivity contribution in [3.05, 3.63) is 57.6 Å². The first kappa shape index (κ1) is 23.6. The quantitative estimate of drug-likeness (QED) is 0.332. The fourth-order valence-electron chi connectivity index (χ4n) is 5.13. The van der Waals surface area contributed by atoms with E-state index in [1.807, 2.05) is 0 Å². The van der Waals surface area contributed by atoms with E-state index in [1.54, 1.807) is 12.1 Å². The van der Waals surface area contributed by atoms with E-state index >= 15 is 0 Å². The van der Waals surface area contributed by atoms with Crippen LogP contribution in [0.4, 0.5) is 0 Å². The van der Waals surface area contributed by atoms with Crippen LogP contribution in [0.3, 0.4) is 0 Å². The first-order valence-corrected chi connectivity index (χ1v) is 11.3. The maximum Gasteiger partial charge on any atom is 0.198 e. The minimum absolute atomic E-state index is 0.0344. The molecule has 2 aromatic rings. The lowest BCUT2D eigenvalue weighted by Gasteiger charge is -2.41. The number of carbonyl (C=O) groups is 3. The average molecular weight is 483 g/mol. The van der Waals surface area contributed by atoms with Crippen molar-refractivity contribution in [1.82, 2.24) is 0 Å². The summed E-state index contributed by atoms with van der Waals surface area (Å²) >= 11 is 0. The summed E-state index contributed by atoms with van der Waals surface area (Å²) in [4.78, 5) is 39.0. The van der Waals surface area contributed by atoms with Crippen LogP contribution < -0.4 is 5.73 Å². The van der Waals surface area contributed by atoms with Crippen LogP contribution in [0.2, 0.25) is 0 Å². The first-order valence-electron chi connectivity index (χ1n) is 11.3. The second-order valence-electron chi connectivity index (χ2n) is 9.39. The Hall–Kier alpha value is -3.15. The average Bonchev–Trinajstić information content (AvgIpc) is 2.82. The number of benzene rings is 2. The van der Waals surface area contributed by atoms with Gasteiger partial charge in [-0.1, -0.05) is 24.3 Å². The summed E-state index contributed by atoms with van der Waals surface area (Å²) in [5.41, 5.74) is 4.47. The second kappa shape index (κ2) is 8.21. The lowest BCUT2D eigenvalue weighted by atomic mass is 9.71. The standard InChI is InChI=1S/C25H25NO9/c1-10(27)25(26)7-13-18(16(8-25)35-17-6-14(28)15(29)9-34-17)24(33)20-19(23(13)32)21(30)11-4-2-3-5-12(11)22(20)31/h2-5,14-17,28-29,32-33H,6-9,26H2,1H3/t14-,15+,16-,17+,25-/m0/s1. The van der Waals surface area contributed by atoms with Gasteiger partial charge in [0.1, 0.15) is 23.4 Å². The summed E-state index contributed by atoms with van der Waals surface area (Å²) in [5.74, 6) is -2.74. The molecule has 1 fully saturated rings. The van der Waals surface area contributed by atoms with Crippen molar-refractivity contribution in [2.75, 3.05) is 6.61 Å². The molecule has 1 saturated heterocycles. The molecule has 0 saturated carbocycles. The van der Waals surface area contributed by atoms with Crippen LogP contribution in [0.15, 0.2) is 24.3 Å². The van der Waals surface area contributed by atoms with Crippen molar-refractivity contribution in [2.24, 2.45) is 5.73 Å². The summed E-state index contributed by atoms with van der Waals surface area (Å²) in [7, 11) is 0. The third kappa shape index (κ3) is 3.57. The molecule has 0 spiro atoms. The lowest BCUT2D eigenvalue weighted by Crippen LogP contribution is -2.53. The van der Waals surface area contributed by atoms with Crippen molar-refractivity contribution in [3.63, 3.8) is 0 Å². The van der Waals surface area contributed by atoms with Crippen molar-refractivity contribution < 1.29 is 44.3 Å². The number of phenols is 2. The van der Waals surface area contributed by atoms with Crippen LogP contribution in [-0.2, 0) is 20.7 Å². The summed E-state index contributed by atoms with van der Waals surface area (Å²) in [6.45, 7) is 1.09. The van der Waals surface area contributed by atoms with Gasteiger partial charge in [0.2, 0.25) is 0 Å². The maximum absolute atomic E-state index is 13.3. The SMILES string of the molecule is CC(=O)[C@]1(N)Cc2c(O)c3c(c(O)c2[C@@H](O[C@@H]2C[C@H](O)[C@H](O)CO2)C1)C(=O)c1ccccc1C3=O. The Kier molecular flexibility index (Phi) is 5.53. The van der Waals surface area contributed by atoms with Gasteiger partial charge in [-0.3, -0.25) is 14.4 Å². The number of carbonyl (C=O) groups excluding carboxylic acids is 3. The van der Waals surface area contributed by atoms with Gasteiger partial charge in [0.15, 0.2) is 17.9 Å². The number of Topliss-reactive ketones (excluding diaryl/α,β-unsaturated/α-hetero) is 1. The fourth-order valence-corrected chi connectivity index (χ4v) is 5.13. The zero-order valence-corrected chi connectivity index (χ0v) is 18.9. The smallest absolute Gasteiger partial charge is 0.198 e. The van der Waals surface area contributed by atoms with Crippen LogP contribution >= 0.6 is 0 Å². The van der Waals surface area contributed by atoms with Gasteiger partial charge in [-0.05, 0) is 6.92 Å². The molecule has 3 aliphatic rings. The Bertz CT molecular complexity index is 1270. The number of aromatic hydroxyl groups is 2. The first-order chi connectivity index (χ1) is 16.5. The van der Waals surface area contributed by atoms with Gasteiger partial charge in [0.05, 0.1) is 35.5 Å². The van der Waals surface area contributed by atoms with E-state index < -0.39 is 59.0 Å². The highest BCUT2D eigenvalue weighted by atomic mass is 16.7. The molecule has 0 radical (unpaired) electrons. The molecule has 2 aromatic carbocycles. The Morgan fingerprint density at radius 3 is 2.23 bits per heavy atom. The normalized spacial score (nSPS) is 29.8. The Morgan fingerprint density at radius 2 is 1.66 bits per heavy atom. The number of rotatable bonds is 3. The van der Waals surface area contributed by atoms with Gasteiger partial charge in [-0.25, -0.2) is 0 Å². The summed E-state index contributed by atoms with van der Waals surface area (Å²) in [6.07, 6.45) is -4.74. The van der Waals surface area contributed by atoms with E-state index in [9.17, 15) is 34.8 Å². The van der Waals surface area contributed by atoms with E-state index in [-0.39, 0.29) is 59.3 Å². The van der Waals surface area contributed by atoms with Gasteiger partial charge < -0.3 is 35.6 Å². The van der Waals surface area contributed by atoms with E-state index in [1.165, 1.54) is 19.1 Å². The van der Waals surface area contributed by atoms with E-state index in [2.05, 4.69) is 0 Å². The molecule has 5 atom stereocenters. The van der Waals surface area contributed by atoms with Crippen molar-refractivity contribution in [3.8, 4) is 11.5 Å². The number of hydrogen-bond donors (Lipinski definition) is 5. The highest BCUT2D eigenvalue weighted by Crippen LogP contribution is 2.51. The molecular weight excluding hydrogens is 458 g/mol. The third-order valence-corrected chi connectivity index (χ3v) is 7.17. The number of phenolic OH excluding ortho intramolecular Hbond substituents is 2. The number of fused-ring (bicyclic) bond motifs is 3.